The number of likely N-dealkylation sites (tertiary alicyclic amines) is 1. The predicted octanol–water partition coefficient (Wildman–Crippen LogP) is 1.68. The summed E-state index contributed by atoms with van der Waals surface area (Å²) in [5, 5.41) is 10.4. The Morgan fingerprint density at radius 3 is 2.60 bits per heavy atom. The summed E-state index contributed by atoms with van der Waals surface area (Å²) in [6.07, 6.45) is 1.64. The molecule has 2 unspecified atom stereocenters. The molecule has 0 saturated carbocycles. The molecule has 1 aliphatic heterocycles. The number of hydrogen-bond donors (Lipinski definition) is 1. The number of β-amino-alcohol motifs (C(OH)–C–C–N with tert-alkyl or cyclic N) is 1. The van der Waals surface area contributed by atoms with Crippen LogP contribution in [0.25, 0.3) is 0 Å². The van der Waals surface area contributed by atoms with Crippen LogP contribution in [0.1, 0.15) is 18.9 Å². The molecule has 0 aromatic heterocycles. The van der Waals surface area contributed by atoms with Crippen molar-refractivity contribution in [2.24, 2.45) is 0 Å². The summed E-state index contributed by atoms with van der Waals surface area (Å²) in [6, 6.07) is 10.7. The maximum Gasteiger partial charge on any atom is 0.0828 e. The zero-order chi connectivity index (χ0) is 10.9. The lowest BCUT2D eigenvalue weighted by Gasteiger charge is -2.22. The highest BCUT2D eigenvalue weighted by Crippen LogP contribution is 2.28. The van der Waals surface area contributed by atoms with Crippen LogP contribution in [0.5, 0.6) is 0 Å². The van der Waals surface area contributed by atoms with Crippen LogP contribution >= 0.6 is 0 Å². The van der Waals surface area contributed by atoms with Gasteiger partial charge < -0.3 is 10.0 Å². The molecule has 15 heavy (non-hydrogen) atoms. The molecule has 1 aromatic rings. The Kier molecular flexibility index (Phi) is 2.81. The summed E-state index contributed by atoms with van der Waals surface area (Å²) in [5.74, 6) is 0. The average Bonchev–Trinajstić information content (AvgIpc) is 2.42. The van der Waals surface area contributed by atoms with Gasteiger partial charge in [-0.2, -0.15) is 0 Å². The zero-order valence-corrected chi connectivity index (χ0v) is 9.48. The minimum Gasteiger partial charge on any atom is -0.388 e. The van der Waals surface area contributed by atoms with Crippen molar-refractivity contribution in [3.05, 3.63) is 35.9 Å². The first-order chi connectivity index (χ1) is 7.09. The van der Waals surface area contributed by atoms with E-state index < -0.39 is 5.60 Å². The normalized spacial score (nSPS) is 32.1. The van der Waals surface area contributed by atoms with Crippen molar-refractivity contribution in [1.29, 1.82) is 0 Å². The Labute approximate surface area is 91.5 Å². The second-order valence-electron chi connectivity index (χ2n) is 4.85. The third kappa shape index (κ3) is 2.39. The average molecular weight is 205 g/mol. The third-order valence-corrected chi connectivity index (χ3v) is 3.35. The van der Waals surface area contributed by atoms with E-state index in [4.69, 9.17) is 0 Å². The van der Waals surface area contributed by atoms with Crippen LogP contribution in [0, 0.1) is 0 Å². The van der Waals surface area contributed by atoms with Gasteiger partial charge in [-0.1, -0.05) is 30.3 Å². The van der Waals surface area contributed by atoms with E-state index in [0.29, 0.717) is 6.04 Å². The maximum absolute atomic E-state index is 10.4. The first-order valence-corrected chi connectivity index (χ1v) is 5.56. The lowest BCUT2D eigenvalue weighted by Crippen LogP contribution is -2.34. The van der Waals surface area contributed by atoms with Crippen molar-refractivity contribution in [2.45, 2.75) is 31.4 Å². The van der Waals surface area contributed by atoms with Gasteiger partial charge in [0.25, 0.3) is 0 Å². The van der Waals surface area contributed by atoms with Gasteiger partial charge in [0.15, 0.2) is 0 Å². The van der Waals surface area contributed by atoms with Crippen molar-refractivity contribution in [3.8, 4) is 0 Å². The maximum atomic E-state index is 10.4. The van der Waals surface area contributed by atoms with Gasteiger partial charge in [-0.3, -0.25) is 0 Å². The largest absolute Gasteiger partial charge is 0.388 e. The summed E-state index contributed by atoms with van der Waals surface area (Å²) < 4.78 is 0. The summed E-state index contributed by atoms with van der Waals surface area (Å²) in [4.78, 5) is 2.23. The molecule has 82 valence electrons. The molecule has 0 spiro atoms. The Bertz CT molecular complexity index is 313. The standard InChI is InChI=1S/C13H19NO/c1-11-8-13(15,10-14(11)2)9-12-6-4-3-5-7-12/h3-7,11,15H,8-10H2,1-2H3. The molecule has 1 fully saturated rings. The first kappa shape index (κ1) is 10.7. The Balaban J connectivity index is 2.06. The lowest BCUT2D eigenvalue weighted by molar-refractivity contribution is 0.0521. The van der Waals surface area contributed by atoms with E-state index in [2.05, 4.69) is 31.0 Å². The number of hydrogen-bond acceptors (Lipinski definition) is 2. The van der Waals surface area contributed by atoms with Crippen LogP contribution in [0.4, 0.5) is 0 Å². The molecule has 0 bridgehead atoms. The molecule has 2 rings (SSSR count). The molecule has 1 N–H and O–H groups in total. The molecule has 2 heteroatoms. The number of aliphatic hydroxyl groups is 1. The molecule has 2 atom stereocenters. The van der Waals surface area contributed by atoms with Gasteiger partial charge in [0.1, 0.15) is 0 Å². The molecule has 1 aromatic carbocycles. The van der Waals surface area contributed by atoms with Crippen LogP contribution in [-0.4, -0.2) is 35.2 Å². The van der Waals surface area contributed by atoms with E-state index in [1.807, 2.05) is 18.2 Å². The fourth-order valence-electron chi connectivity index (χ4n) is 2.49. The van der Waals surface area contributed by atoms with Crippen molar-refractivity contribution in [1.82, 2.24) is 4.90 Å². The molecule has 1 heterocycles. The van der Waals surface area contributed by atoms with Crippen molar-refractivity contribution < 1.29 is 5.11 Å². The molecular formula is C13H19NO. The van der Waals surface area contributed by atoms with Crippen LogP contribution in [0.2, 0.25) is 0 Å². The van der Waals surface area contributed by atoms with E-state index in [1.165, 1.54) is 5.56 Å². The zero-order valence-electron chi connectivity index (χ0n) is 9.48. The van der Waals surface area contributed by atoms with Crippen molar-refractivity contribution in [2.75, 3.05) is 13.6 Å². The van der Waals surface area contributed by atoms with E-state index in [1.54, 1.807) is 0 Å². The molecule has 0 amide bonds. The first-order valence-electron chi connectivity index (χ1n) is 5.56. The van der Waals surface area contributed by atoms with Gasteiger partial charge >= 0.3 is 0 Å². The minimum absolute atomic E-state index is 0.485. The van der Waals surface area contributed by atoms with Crippen molar-refractivity contribution in [3.63, 3.8) is 0 Å². The second kappa shape index (κ2) is 3.95. The Hall–Kier alpha value is -0.860. The fraction of sp³-hybridized carbons (Fsp3) is 0.538. The number of likely N-dealkylation sites (N-methyl/N-ethyl adjacent to an activating group) is 1. The summed E-state index contributed by atoms with van der Waals surface area (Å²) >= 11 is 0. The number of benzene rings is 1. The molecule has 0 radical (unpaired) electrons. The number of nitrogens with zero attached hydrogens (tertiary/aromatic N) is 1. The monoisotopic (exact) mass is 205 g/mol. The van der Waals surface area contributed by atoms with Gasteiger partial charge in [-0.15, -0.1) is 0 Å². The summed E-state index contributed by atoms with van der Waals surface area (Å²) in [6.45, 7) is 2.95. The van der Waals surface area contributed by atoms with Crippen LogP contribution in [-0.2, 0) is 6.42 Å². The van der Waals surface area contributed by atoms with Gasteiger partial charge in [0, 0.05) is 19.0 Å². The summed E-state index contributed by atoms with van der Waals surface area (Å²) in [5.41, 5.74) is 0.692. The highest BCUT2D eigenvalue weighted by Gasteiger charge is 2.38. The fourth-order valence-corrected chi connectivity index (χ4v) is 2.49. The Morgan fingerprint density at radius 2 is 2.07 bits per heavy atom. The van der Waals surface area contributed by atoms with Gasteiger partial charge in [-0.05, 0) is 26.0 Å². The highest BCUT2D eigenvalue weighted by molar-refractivity contribution is 5.18. The molecule has 0 aliphatic carbocycles. The Morgan fingerprint density at radius 1 is 1.40 bits per heavy atom. The van der Waals surface area contributed by atoms with Gasteiger partial charge in [0.05, 0.1) is 5.60 Å². The van der Waals surface area contributed by atoms with E-state index in [0.717, 1.165) is 19.4 Å². The number of rotatable bonds is 2. The van der Waals surface area contributed by atoms with Crippen LogP contribution < -0.4 is 0 Å². The topological polar surface area (TPSA) is 23.5 Å². The molecule has 1 aliphatic rings. The predicted molar refractivity (Wildman–Crippen MR) is 61.8 cm³/mol. The SMILES string of the molecule is CC1CC(O)(Cc2ccccc2)CN1C. The van der Waals surface area contributed by atoms with Gasteiger partial charge in [0.2, 0.25) is 0 Å². The van der Waals surface area contributed by atoms with E-state index in [9.17, 15) is 5.11 Å². The molecular weight excluding hydrogens is 186 g/mol. The van der Waals surface area contributed by atoms with Crippen LogP contribution in [0.15, 0.2) is 30.3 Å². The smallest absolute Gasteiger partial charge is 0.0828 e. The minimum atomic E-state index is -0.532. The van der Waals surface area contributed by atoms with Crippen LogP contribution in [0.3, 0.4) is 0 Å². The van der Waals surface area contributed by atoms with E-state index >= 15 is 0 Å². The van der Waals surface area contributed by atoms with Gasteiger partial charge in [-0.25, -0.2) is 0 Å². The molecule has 1 saturated heterocycles. The quantitative estimate of drug-likeness (QED) is 0.794. The van der Waals surface area contributed by atoms with Crippen molar-refractivity contribution >= 4 is 0 Å². The highest BCUT2D eigenvalue weighted by atomic mass is 16.3. The lowest BCUT2D eigenvalue weighted by atomic mass is 9.92. The summed E-state index contributed by atoms with van der Waals surface area (Å²) in [7, 11) is 2.08. The van der Waals surface area contributed by atoms with E-state index in [-0.39, 0.29) is 0 Å². The third-order valence-electron chi connectivity index (χ3n) is 3.35. The second-order valence-corrected chi connectivity index (χ2v) is 4.85. The molecule has 2 nitrogen and oxygen atoms in total.